The van der Waals surface area contributed by atoms with Crippen molar-refractivity contribution in [1.82, 2.24) is 20.1 Å². The summed E-state index contributed by atoms with van der Waals surface area (Å²) < 4.78 is 42.1. The first-order chi connectivity index (χ1) is 16.4. The summed E-state index contributed by atoms with van der Waals surface area (Å²) in [5, 5.41) is 10.5. The first-order valence-electron chi connectivity index (χ1n) is 11.3. The van der Waals surface area contributed by atoms with Gasteiger partial charge in [0.25, 0.3) is 0 Å². The van der Waals surface area contributed by atoms with Crippen molar-refractivity contribution in [3.63, 3.8) is 0 Å². The van der Waals surface area contributed by atoms with Crippen LogP contribution in [0.3, 0.4) is 0 Å². The molecule has 4 heterocycles. The highest BCUT2D eigenvalue weighted by atomic mass is 19.1. The van der Waals surface area contributed by atoms with Crippen LogP contribution < -0.4 is 10.2 Å². The molecule has 2 aromatic heterocycles. The zero-order valence-electron chi connectivity index (χ0n) is 19.3. The highest BCUT2D eigenvalue weighted by molar-refractivity contribution is 6.14. The third-order valence-electron chi connectivity index (χ3n) is 6.48. The number of halogens is 3. The quantitative estimate of drug-likeness (QED) is 0.595. The number of benzene rings is 1. The van der Waals surface area contributed by atoms with E-state index < -0.39 is 11.6 Å². The molecule has 0 aliphatic carbocycles. The van der Waals surface area contributed by atoms with Gasteiger partial charge in [0.1, 0.15) is 35.7 Å². The van der Waals surface area contributed by atoms with Crippen molar-refractivity contribution in [2.75, 3.05) is 43.1 Å². The number of nitrogens with one attached hydrogen (secondary N) is 2. The molecule has 0 amide bonds. The van der Waals surface area contributed by atoms with E-state index in [1.165, 1.54) is 18.2 Å². The predicted octanol–water partition coefficient (Wildman–Crippen LogP) is 4.35. The second kappa shape index (κ2) is 8.75. The molecule has 34 heavy (non-hydrogen) atoms. The van der Waals surface area contributed by atoms with Crippen LogP contribution in [0, 0.1) is 25.5 Å². The van der Waals surface area contributed by atoms with Crippen molar-refractivity contribution in [3.8, 4) is 11.3 Å². The average Bonchev–Trinajstić information content (AvgIpc) is 3.06. The molecule has 1 atom stereocenters. The van der Waals surface area contributed by atoms with E-state index >= 15 is 0 Å². The Morgan fingerprint density at radius 3 is 2.62 bits per heavy atom. The number of aromatic nitrogens is 3. The summed E-state index contributed by atoms with van der Waals surface area (Å²) in [7, 11) is 0. The number of fused-ring (bicyclic) bond motifs is 3. The Labute approximate surface area is 195 Å². The van der Waals surface area contributed by atoms with Crippen LogP contribution in [0.15, 0.2) is 29.3 Å². The van der Waals surface area contributed by atoms with Gasteiger partial charge in [0.15, 0.2) is 0 Å². The van der Waals surface area contributed by atoms with Gasteiger partial charge in [0, 0.05) is 37.8 Å². The van der Waals surface area contributed by atoms with E-state index in [0.29, 0.717) is 35.9 Å². The van der Waals surface area contributed by atoms with E-state index in [4.69, 9.17) is 4.98 Å². The van der Waals surface area contributed by atoms with Gasteiger partial charge in [0.05, 0.1) is 28.3 Å². The highest BCUT2D eigenvalue weighted by Crippen LogP contribution is 2.42. The monoisotopic (exact) mass is 469 g/mol. The number of anilines is 2. The summed E-state index contributed by atoms with van der Waals surface area (Å²) in [4.78, 5) is 13.7. The number of piperazine rings is 1. The predicted molar refractivity (Wildman–Crippen MR) is 127 cm³/mol. The zero-order chi connectivity index (χ0) is 24.0. The fourth-order valence-corrected chi connectivity index (χ4v) is 4.65. The van der Waals surface area contributed by atoms with Crippen molar-refractivity contribution in [3.05, 3.63) is 52.9 Å². The second-order valence-electron chi connectivity index (χ2n) is 8.74. The van der Waals surface area contributed by atoms with Crippen molar-refractivity contribution in [2.45, 2.75) is 26.8 Å². The Kier molecular flexibility index (Phi) is 5.76. The van der Waals surface area contributed by atoms with Crippen molar-refractivity contribution >= 4 is 23.0 Å². The molecule has 178 valence electrons. The topological polar surface area (TPSA) is 72.4 Å². The number of nitrogens with zero attached hydrogens (tertiary/aromatic N) is 5. The smallest absolute Gasteiger partial charge is 0.144 e. The van der Waals surface area contributed by atoms with Gasteiger partial charge in [-0.25, -0.2) is 23.1 Å². The molecule has 1 fully saturated rings. The lowest BCUT2D eigenvalue weighted by molar-refractivity contribution is 0.175. The number of hydrogen-bond acceptors (Lipinski definition) is 6. The number of aliphatic imine (C=N–C) groups is 1. The number of H-pyrrole nitrogens is 1. The summed E-state index contributed by atoms with van der Waals surface area (Å²) in [5.41, 5.74) is 3.55. The summed E-state index contributed by atoms with van der Waals surface area (Å²) in [5.74, 6) is -0.587. The molecule has 7 nitrogen and oxygen atoms in total. The molecule has 1 saturated heterocycles. The van der Waals surface area contributed by atoms with Crippen LogP contribution in [-0.2, 0) is 0 Å². The number of amidine groups is 1. The molecule has 2 N–H and O–H groups in total. The van der Waals surface area contributed by atoms with Crippen LogP contribution in [0.25, 0.3) is 11.3 Å². The Morgan fingerprint density at radius 1 is 1.15 bits per heavy atom. The molecule has 5 rings (SSSR count). The lowest BCUT2D eigenvalue weighted by atomic mass is 10.1. The minimum absolute atomic E-state index is 0.0613. The number of aromatic amines is 1. The Morgan fingerprint density at radius 2 is 1.91 bits per heavy atom. The van der Waals surface area contributed by atoms with E-state index in [9.17, 15) is 13.2 Å². The fourth-order valence-electron chi connectivity index (χ4n) is 4.65. The zero-order valence-corrected chi connectivity index (χ0v) is 19.3. The van der Waals surface area contributed by atoms with Gasteiger partial charge < -0.3 is 10.2 Å². The Bertz CT molecular complexity index is 1250. The van der Waals surface area contributed by atoms with Crippen LogP contribution in [0.4, 0.5) is 30.4 Å². The molecule has 1 unspecified atom stereocenters. The molecule has 0 bridgehead atoms. The second-order valence-corrected chi connectivity index (χ2v) is 8.74. The van der Waals surface area contributed by atoms with E-state index in [2.05, 4.69) is 37.2 Å². The third kappa shape index (κ3) is 3.81. The maximum atomic E-state index is 14.6. The molecule has 0 spiro atoms. The first-order valence-corrected chi connectivity index (χ1v) is 11.3. The lowest BCUT2D eigenvalue weighted by Gasteiger charge is -2.40. The summed E-state index contributed by atoms with van der Waals surface area (Å²) in [6.07, 6.45) is 0. The molecule has 2 aliphatic heterocycles. The number of pyridine rings is 1. The molecular weight excluding hydrogens is 443 g/mol. The molecule has 1 aromatic carbocycles. The van der Waals surface area contributed by atoms with Gasteiger partial charge in [-0.05, 0) is 39.0 Å². The molecular formula is C24H26F3N7. The summed E-state index contributed by atoms with van der Waals surface area (Å²) in [6, 6.07) is 5.83. The van der Waals surface area contributed by atoms with Crippen LogP contribution >= 0.6 is 0 Å². The standard InChI is InChI=1S/C24H26F3N7/c1-13-12-34(10-9-33(13)8-7-25)19-11-16-21(14(2)28-19)29-24(20-17(26)5-4-6-18(20)27)30-22-15(3)31-32-23(16)22/h4-6,11,13H,7-10,12H2,1-3H3,(H,29,30)(H,31,32). The van der Waals surface area contributed by atoms with Crippen LogP contribution in [0.5, 0.6) is 0 Å². The van der Waals surface area contributed by atoms with Crippen molar-refractivity contribution in [1.29, 1.82) is 0 Å². The third-order valence-corrected chi connectivity index (χ3v) is 6.48. The maximum Gasteiger partial charge on any atom is 0.144 e. The van der Waals surface area contributed by atoms with E-state index in [1.54, 1.807) is 0 Å². The van der Waals surface area contributed by atoms with Crippen LogP contribution in [0.2, 0.25) is 0 Å². The van der Waals surface area contributed by atoms with Crippen molar-refractivity contribution in [2.24, 2.45) is 4.99 Å². The minimum Gasteiger partial charge on any atom is -0.354 e. The number of hydrogen-bond donors (Lipinski definition) is 2. The van der Waals surface area contributed by atoms with E-state index in [1.807, 2.05) is 19.9 Å². The normalized spacial score (nSPS) is 18.1. The van der Waals surface area contributed by atoms with E-state index in [0.717, 1.165) is 30.2 Å². The number of aryl methyl sites for hydroxylation is 2. The van der Waals surface area contributed by atoms with Gasteiger partial charge in [-0.2, -0.15) is 5.10 Å². The molecule has 3 aromatic rings. The minimum atomic E-state index is -0.709. The highest BCUT2D eigenvalue weighted by Gasteiger charge is 2.29. The van der Waals surface area contributed by atoms with Crippen LogP contribution in [-0.4, -0.2) is 64.8 Å². The first kappa shape index (κ1) is 22.4. The number of rotatable bonds is 4. The van der Waals surface area contributed by atoms with E-state index in [-0.39, 0.29) is 24.1 Å². The lowest BCUT2D eigenvalue weighted by Crippen LogP contribution is -2.52. The molecule has 0 radical (unpaired) electrons. The summed E-state index contributed by atoms with van der Waals surface area (Å²) in [6.45, 7) is 7.98. The fraction of sp³-hybridized carbons (Fsp3) is 0.375. The van der Waals surface area contributed by atoms with Gasteiger partial charge in [0.2, 0.25) is 0 Å². The number of alkyl halides is 1. The Balaban J connectivity index is 1.62. The molecule has 10 heteroatoms. The summed E-state index contributed by atoms with van der Waals surface area (Å²) >= 11 is 0. The van der Waals surface area contributed by atoms with Gasteiger partial charge in [-0.3, -0.25) is 10.00 Å². The van der Waals surface area contributed by atoms with Gasteiger partial charge in [-0.15, -0.1) is 0 Å². The largest absolute Gasteiger partial charge is 0.354 e. The van der Waals surface area contributed by atoms with Crippen LogP contribution in [0.1, 0.15) is 23.9 Å². The average molecular weight is 470 g/mol. The SMILES string of the molecule is Cc1nc(N2CCN(CCF)C(C)C2)cc2c1N=C(c1c(F)cccc1F)Nc1c-2n[nH]c1C. The van der Waals surface area contributed by atoms with Crippen molar-refractivity contribution < 1.29 is 13.2 Å². The Hall–Kier alpha value is -3.40. The maximum absolute atomic E-state index is 14.6. The molecule has 2 aliphatic rings. The van der Waals surface area contributed by atoms with Gasteiger partial charge >= 0.3 is 0 Å². The molecule has 0 saturated carbocycles. The van der Waals surface area contributed by atoms with Gasteiger partial charge in [-0.1, -0.05) is 6.07 Å².